The summed E-state index contributed by atoms with van der Waals surface area (Å²) in [7, 11) is 0.638. The van der Waals surface area contributed by atoms with E-state index >= 15 is 0 Å². The van der Waals surface area contributed by atoms with Crippen molar-refractivity contribution in [2.45, 2.75) is 31.2 Å². The van der Waals surface area contributed by atoms with Gasteiger partial charge in [-0.2, -0.15) is 0 Å². The molecule has 0 aromatic heterocycles. The van der Waals surface area contributed by atoms with E-state index in [1.54, 1.807) is 31.2 Å². The minimum atomic E-state index is -3.67. The Labute approximate surface area is 198 Å². The largest absolute Gasteiger partial charge is 0.493 e. The van der Waals surface area contributed by atoms with Gasteiger partial charge in [-0.15, -0.1) is 0 Å². The molecule has 2 aromatic rings. The smallest absolute Gasteiger partial charge is 0.249 e. The van der Waals surface area contributed by atoms with E-state index in [-0.39, 0.29) is 17.3 Å². The molecule has 0 aliphatic rings. The van der Waals surface area contributed by atoms with Crippen molar-refractivity contribution in [1.29, 1.82) is 0 Å². The summed E-state index contributed by atoms with van der Waals surface area (Å²) >= 11 is 0. The number of aryl methyl sites for hydroxylation is 1. The molecule has 0 heterocycles. The number of hydrogen-bond acceptors (Lipinski definition) is 7. The fraction of sp³-hybridized carbons (Fsp3) is 0.318. The van der Waals surface area contributed by atoms with Gasteiger partial charge in [-0.1, -0.05) is 12.1 Å². The first kappa shape index (κ1) is 26.6. The second-order valence-electron chi connectivity index (χ2n) is 7.28. The highest BCUT2D eigenvalue weighted by Gasteiger charge is 2.18. The second-order valence-corrected chi connectivity index (χ2v) is 9.16. The summed E-state index contributed by atoms with van der Waals surface area (Å²) in [6, 6.07) is 8.49. The quantitative estimate of drug-likeness (QED) is 0.299. The molecule has 1 atom stereocenters. The number of anilines is 1. The number of carbonyl (C=O) groups excluding carboxylic acids is 2. The van der Waals surface area contributed by atoms with Gasteiger partial charge in [0.15, 0.2) is 17.5 Å². The summed E-state index contributed by atoms with van der Waals surface area (Å²) in [6.07, 6.45) is 0.00305. The Bertz CT molecular complexity index is 1200. The Morgan fingerprint density at radius 2 is 1.76 bits per heavy atom. The summed E-state index contributed by atoms with van der Waals surface area (Å²) in [4.78, 5) is 28.9. The number of benzene rings is 2. The van der Waals surface area contributed by atoms with E-state index in [9.17, 15) is 18.0 Å². The van der Waals surface area contributed by atoms with Crippen molar-refractivity contribution in [3.63, 3.8) is 0 Å². The number of nitrogens with two attached hydrogens (primary N) is 1. The predicted octanol–water partition coefficient (Wildman–Crippen LogP) is 0.921. The van der Waals surface area contributed by atoms with E-state index in [1.807, 2.05) is 0 Å². The SMILES string of the molecule is CNS(=O)(=O)c1ccc(C)c(NC(=O)[C@@H](C)N=C(N)NC(=O)Cc2ccc(OC)c(OC)c2)c1. The highest BCUT2D eigenvalue weighted by Crippen LogP contribution is 2.27. The number of guanidine groups is 1. The van der Waals surface area contributed by atoms with Crippen molar-refractivity contribution in [2.24, 2.45) is 10.7 Å². The number of rotatable bonds is 9. The van der Waals surface area contributed by atoms with Crippen molar-refractivity contribution >= 4 is 33.5 Å². The lowest BCUT2D eigenvalue weighted by atomic mass is 10.1. The number of nitrogens with zero attached hydrogens (tertiary/aromatic N) is 1. The molecule has 0 bridgehead atoms. The Hall–Kier alpha value is -3.64. The molecule has 0 fully saturated rings. The molecule has 184 valence electrons. The van der Waals surface area contributed by atoms with E-state index < -0.39 is 27.9 Å². The molecule has 0 saturated carbocycles. The van der Waals surface area contributed by atoms with Crippen molar-refractivity contribution in [3.05, 3.63) is 47.5 Å². The number of carbonyl (C=O) groups is 2. The molecular weight excluding hydrogens is 462 g/mol. The maximum absolute atomic E-state index is 12.6. The lowest BCUT2D eigenvalue weighted by Gasteiger charge is -2.13. The van der Waals surface area contributed by atoms with Crippen molar-refractivity contribution in [2.75, 3.05) is 26.6 Å². The maximum Gasteiger partial charge on any atom is 0.249 e. The fourth-order valence-corrected chi connectivity index (χ4v) is 3.68. The Morgan fingerprint density at radius 1 is 1.09 bits per heavy atom. The molecule has 0 aliphatic heterocycles. The van der Waals surface area contributed by atoms with Gasteiger partial charge in [0.05, 0.1) is 25.5 Å². The highest BCUT2D eigenvalue weighted by atomic mass is 32.2. The van der Waals surface area contributed by atoms with Crippen LogP contribution in [0.4, 0.5) is 5.69 Å². The van der Waals surface area contributed by atoms with Gasteiger partial charge in [0.25, 0.3) is 0 Å². The first-order valence-electron chi connectivity index (χ1n) is 10.2. The summed E-state index contributed by atoms with van der Waals surface area (Å²) in [5, 5.41) is 5.08. The third kappa shape index (κ3) is 6.93. The molecular formula is C22H29N5O6S. The number of aliphatic imine (C=N–C) groups is 1. The minimum Gasteiger partial charge on any atom is -0.493 e. The van der Waals surface area contributed by atoms with Gasteiger partial charge in [0, 0.05) is 5.69 Å². The van der Waals surface area contributed by atoms with Crippen molar-refractivity contribution in [1.82, 2.24) is 10.0 Å². The van der Waals surface area contributed by atoms with Crippen LogP contribution in [0.5, 0.6) is 11.5 Å². The molecule has 11 nitrogen and oxygen atoms in total. The zero-order chi connectivity index (χ0) is 25.5. The van der Waals surface area contributed by atoms with Crippen LogP contribution in [0, 0.1) is 6.92 Å². The fourth-order valence-electron chi connectivity index (χ4n) is 2.92. The van der Waals surface area contributed by atoms with Crippen molar-refractivity contribution < 1.29 is 27.5 Å². The van der Waals surface area contributed by atoms with E-state index in [0.717, 1.165) is 0 Å². The Morgan fingerprint density at radius 3 is 2.38 bits per heavy atom. The van der Waals surface area contributed by atoms with Crippen LogP contribution in [-0.2, 0) is 26.0 Å². The Balaban J connectivity index is 2.04. The van der Waals surface area contributed by atoms with E-state index in [4.69, 9.17) is 15.2 Å². The lowest BCUT2D eigenvalue weighted by molar-refractivity contribution is -0.119. The zero-order valence-electron chi connectivity index (χ0n) is 19.6. The molecule has 2 aromatic carbocycles. The van der Waals surface area contributed by atoms with Crippen molar-refractivity contribution in [3.8, 4) is 11.5 Å². The molecule has 0 saturated heterocycles. The first-order chi connectivity index (χ1) is 16.0. The molecule has 12 heteroatoms. The predicted molar refractivity (Wildman–Crippen MR) is 129 cm³/mol. The molecule has 5 N–H and O–H groups in total. The summed E-state index contributed by atoms with van der Waals surface area (Å²) in [5.74, 6) is -0.157. The number of sulfonamides is 1. The van der Waals surface area contributed by atoms with Gasteiger partial charge >= 0.3 is 0 Å². The average Bonchev–Trinajstić information content (AvgIpc) is 2.79. The maximum atomic E-state index is 12.6. The third-order valence-corrected chi connectivity index (χ3v) is 6.25. The molecule has 34 heavy (non-hydrogen) atoms. The van der Waals surface area contributed by atoms with Gasteiger partial charge < -0.3 is 20.5 Å². The zero-order valence-corrected chi connectivity index (χ0v) is 20.4. The first-order valence-corrected chi connectivity index (χ1v) is 11.7. The number of amides is 2. The summed E-state index contributed by atoms with van der Waals surface area (Å²) in [5.41, 5.74) is 7.45. The van der Waals surface area contributed by atoms with E-state index in [0.29, 0.717) is 28.3 Å². The van der Waals surface area contributed by atoms with Crippen LogP contribution in [0.1, 0.15) is 18.1 Å². The van der Waals surface area contributed by atoms with Crippen LogP contribution < -0.4 is 30.6 Å². The van der Waals surface area contributed by atoms with Crippen LogP contribution in [0.25, 0.3) is 0 Å². The summed E-state index contributed by atoms with van der Waals surface area (Å²) < 4.78 is 36.6. The lowest BCUT2D eigenvalue weighted by Crippen LogP contribution is -2.39. The molecule has 2 amide bonds. The van der Waals surface area contributed by atoms with E-state index in [2.05, 4.69) is 20.3 Å². The molecule has 0 radical (unpaired) electrons. The normalized spacial score (nSPS) is 12.6. The van der Waals surface area contributed by atoms with Crippen LogP contribution in [0.3, 0.4) is 0 Å². The molecule has 2 rings (SSSR count). The monoisotopic (exact) mass is 491 g/mol. The minimum absolute atomic E-state index is 0.00305. The van der Waals surface area contributed by atoms with Crippen LogP contribution in [-0.4, -0.2) is 53.5 Å². The topological polar surface area (TPSA) is 161 Å². The van der Waals surface area contributed by atoms with Gasteiger partial charge in [-0.05, 0) is 56.3 Å². The van der Waals surface area contributed by atoms with Gasteiger partial charge in [0.1, 0.15) is 6.04 Å². The standard InChI is InChI=1S/C22H29N5O6S/c1-13-6-8-16(34(30,31)24-3)12-17(13)26-21(29)14(2)25-22(23)27-20(28)11-15-7-9-18(32-4)19(10-15)33-5/h6-10,12,14,24H,11H2,1-5H3,(H,26,29)(H3,23,25,27,28)/t14-/m1/s1. The third-order valence-electron chi connectivity index (χ3n) is 4.84. The molecule has 0 aliphatic carbocycles. The van der Waals surface area contributed by atoms with E-state index in [1.165, 1.54) is 40.3 Å². The molecule has 0 spiro atoms. The molecule has 0 unspecified atom stereocenters. The number of methoxy groups -OCH3 is 2. The Kier molecular flexibility index (Phi) is 8.98. The number of ether oxygens (including phenoxy) is 2. The second kappa shape index (κ2) is 11.5. The van der Waals surface area contributed by atoms with Gasteiger partial charge in [-0.25, -0.2) is 18.1 Å². The number of nitrogens with one attached hydrogen (secondary N) is 3. The van der Waals surface area contributed by atoms with Gasteiger partial charge in [-0.3, -0.25) is 14.9 Å². The van der Waals surface area contributed by atoms with Crippen LogP contribution in [0.15, 0.2) is 46.3 Å². The summed E-state index contributed by atoms with van der Waals surface area (Å²) in [6.45, 7) is 3.22. The van der Waals surface area contributed by atoms with Crippen LogP contribution >= 0.6 is 0 Å². The average molecular weight is 492 g/mol. The van der Waals surface area contributed by atoms with Gasteiger partial charge in [0.2, 0.25) is 21.8 Å². The highest BCUT2D eigenvalue weighted by molar-refractivity contribution is 7.89. The van der Waals surface area contributed by atoms with Crippen LogP contribution in [0.2, 0.25) is 0 Å². The number of hydrogen-bond donors (Lipinski definition) is 4.